The Labute approximate surface area is 166 Å². The fraction of sp³-hybridized carbons (Fsp3) is 0.550. The van der Waals surface area contributed by atoms with E-state index in [1.807, 2.05) is 30.3 Å². The van der Waals surface area contributed by atoms with Gasteiger partial charge in [-0.15, -0.1) is 0 Å². The monoisotopic (exact) mass is 393 g/mol. The molecule has 3 amide bonds. The van der Waals surface area contributed by atoms with Crippen LogP contribution in [0.4, 0.5) is 4.79 Å². The van der Waals surface area contributed by atoms with E-state index in [1.165, 1.54) is 7.11 Å². The summed E-state index contributed by atoms with van der Waals surface area (Å²) in [5.41, 5.74) is 0.426. The number of carbonyl (C=O) groups is 3. The molecule has 1 atom stereocenters. The Morgan fingerprint density at radius 1 is 1.04 bits per heavy atom. The predicted octanol–water partition coefficient (Wildman–Crippen LogP) is 1.74. The second kappa shape index (κ2) is 12.0. The largest absolute Gasteiger partial charge is 0.444 e. The average molecular weight is 393 g/mol. The summed E-state index contributed by atoms with van der Waals surface area (Å²) in [6.45, 7) is 6.00. The minimum absolute atomic E-state index is 0.123. The number of ether oxygens (including phenoxy) is 2. The Morgan fingerprint density at radius 3 is 2.32 bits per heavy atom. The molecule has 0 heterocycles. The van der Waals surface area contributed by atoms with Crippen molar-refractivity contribution in [2.45, 2.75) is 51.9 Å². The lowest BCUT2D eigenvalue weighted by atomic mass is 10.2. The van der Waals surface area contributed by atoms with Crippen molar-refractivity contribution in [3.63, 3.8) is 0 Å². The van der Waals surface area contributed by atoms with E-state index in [-0.39, 0.29) is 18.4 Å². The fourth-order valence-corrected chi connectivity index (χ4v) is 2.29. The molecular weight excluding hydrogens is 362 g/mol. The highest BCUT2D eigenvalue weighted by molar-refractivity contribution is 5.86. The molecule has 28 heavy (non-hydrogen) atoms. The second-order valence-electron chi connectivity index (χ2n) is 7.28. The number of alkyl carbamates (subject to hydrolysis) is 1. The lowest BCUT2D eigenvalue weighted by Gasteiger charge is -2.20. The van der Waals surface area contributed by atoms with Crippen LogP contribution in [0.3, 0.4) is 0 Å². The van der Waals surface area contributed by atoms with E-state index in [0.29, 0.717) is 25.9 Å². The van der Waals surface area contributed by atoms with Crippen LogP contribution in [0.1, 0.15) is 39.2 Å². The molecule has 3 N–H and O–H groups in total. The highest BCUT2D eigenvalue weighted by atomic mass is 16.6. The summed E-state index contributed by atoms with van der Waals surface area (Å²) in [5.74, 6) is -0.645. The van der Waals surface area contributed by atoms with Crippen molar-refractivity contribution in [1.29, 1.82) is 0 Å². The summed E-state index contributed by atoms with van der Waals surface area (Å²) in [6.07, 6.45) is -0.252. The number of hydrogen-bond acceptors (Lipinski definition) is 5. The first kappa shape index (κ1) is 23.4. The molecule has 0 aliphatic heterocycles. The Hall–Kier alpha value is -2.61. The maximum Gasteiger partial charge on any atom is 0.407 e. The summed E-state index contributed by atoms with van der Waals surface area (Å²) < 4.78 is 10.3. The van der Waals surface area contributed by atoms with Crippen LogP contribution in [-0.4, -0.2) is 49.8 Å². The molecule has 0 aliphatic rings. The maximum atomic E-state index is 12.1. The molecule has 0 saturated heterocycles. The van der Waals surface area contributed by atoms with Gasteiger partial charge in [0.05, 0.1) is 6.54 Å². The zero-order valence-corrected chi connectivity index (χ0v) is 17.0. The van der Waals surface area contributed by atoms with Gasteiger partial charge in [-0.2, -0.15) is 0 Å². The number of amides is 3. The van der Waals surface area contributed by atoms with Gasteiger partial charge < -0.3 is 25.4 Å². The van der Waals surface area contributed by atoms with Crippen LogP contribution >= 0.6 is 0 Å². The van der Waals surface area contributed by atoms with E-state index in [0.717, 1.165) is 5.56 Å². The average Bonchev–Trinajstić information content (AvgIpc) is 2.64. The highest BCUT2D eigenvalue weighted by Crippen LogP contribution is 2.07. The van der Waals surface area contributed by atoms with Crippen molar-refractivity contribution in [2.24, 2.45) is 0 Å². The molecule has 1 aromatic rings. The van der Waals surface area contributed by atoms with Crippen molar-refractivity contribution in [3.05, 3.63) is 35.9 Å². The van der Waals surface area contributed by atoms with E-state index in [4.69, 9.17) is 9.47 Å². The number of hydrogen-bond donors (Lipinski definition) is 3. The first-order chi connectivity index (χ1) is 13.2. The van der Waals surface area contributed by atoms with E-state index >= 15 is 0 Å². The van der Waals surface area contributed by atoms with Crippen LogP contribution in [-0.2, 0) is 25.6 Å². The van der Waals surface area contributed by atoms with Gasteiger partial charge in [-0.3, -0.25) is 9.59 Å². The van der Waals surface area contributed by atoms with E-state index in [9.17, 15) is 14.4 Å². The van der Waals surface area contributed by atoms with Crippen LogP contribution in [0.25, 0.3) is 0 Å². The Bertz CT molecular complexity index is 628. The van der Waals surface area contributed by atoms with Crippen molar-refractivity contribution in [1.82, 2.24) is 16.0 Å². The van der Waals surface area contributed by atoms with Gasteiger partial charge in [-0.1, -0.05) is 30.3 Å². The molecule has 0 spiro atoms. The Balaban J connectivity index is 2.23. The number of rotatable bonds is 10. The molecule has 0 aliphatic carbocycles. The number of methoxy groups -OCH3 is 1. The minimum Gasteiger partial charge on any atom is -0.444 e. The zero-order chi connectivity index (χ0) is 21.0. The van der Waals surface area contributed by atoms with Gasteiger partial charge >= 0.3 is 6.09 Å². The molecule has 1 unspecified atom stereocenters. The van der Waals surface area contributed by atoms with Gasteiger partial charge in [0.25, 0.3) is 0 Å². The van der Waals surface area contributed by atoms with Crippen molar-refractivity contribution < 1.29 is 23.9 Å². The van der Waals surface area contributed by atoms with Crippen LogP contribution in [0.5, 0.6) is 0 Å². The maximum absolute atomic E-state index is 12.1. The Morgan fingerprint density at radius 2 is 1.71 bits per heavy atom. The summed E-state index contributed by atoms with van der Waals surface area (Å²) >= 11 is 0. The predicted molar refractivity (Wildman–Crippen MR) is 106 cm³/mol. The van der Waals surface area contributed by atoms with E-state index < -0.39 is 17.8 Å². The number of benzene rings is 1. The minimum atomic E-state index is -0.692. The molecule has 1 aromatic carbocycles. The van der Waals surface area contributed by atoms with Crippen molar-refractivity contribution in [3.8, 4) is 0 Å². The molecule has 0 aromatic heterocycles. The SMILES string of the molecule is COC(CCCNC(=O)OC(C)(C)C)C(=O)NCC(=O)NCc1ccccc1. The molecule has 0 radical (unpaired) electrons. The quantitative estimate of drug-likeness (QED) is 0.525. The van der Waals surface area contributed by atoms with Gasteiger partial charge in [0.1, 0.15) is 11.7 Å². The zero-order valence-electron chi connectivity index (χ0n) is 17.0. The molecule has 0 saturated carbocycles. The lowest BCUT2D eigenvalue weighted by molar-refractivity contribution is -0.133. The second-order valence-corrected chi connectivity index (χ2v) is 7.28. The summed E-state index contributed by atoms with van der Waals surface area (Å²) in [4.78, 5) is 35.6. The van der Waals surface area contributed by atoms with Gasteiger partial charge in [0, 0.05) is 20.2 Å². The fourth-order valence-electron chi connectivity index (χ4n) is 2.29. The summed E-state index contributed by atoms with van der Waals surface area (Å²) in [6, 6.07) is 9.50. The number of nitrogens with one attached hydrogen (secondary N) is 3. The van der Waals surface area contributed by atoms with Crippen molar-refractivity contribution in [2.75, 3.05) is 20.2 Å². The van der Waals surface area contributed by atoms with Gasteiger partial charge in [-0.05, 0) is 39.2 Å². The molecule has 0 bridgehead atoms. The normalized spacial score (nSPS) is 12.0. The Kier molecular flexibility index (Phi) is 10.0. The molecule has 8 nitrogen and oxygen atoms in total. The van der Waals surface area contributed by atoms with Crippen LogP contribution < -0.4 is 16.0 Å². The van der Waals surface area contributed by atoms with Crippen LogP contribution in [0, 0.1) is 0 Å². The molecule has 156 valence electrons. The van der Waals surface area contributed by atoms with Gasteiger partial charge in [0.2, 0.25) is 11.8 Å². The van der Waals surface area contributed by atoms with Gasteiger partial charge in [-0.25, -0.2) is 4.79 Å². The van der Waals surface area contributed by atoms with Gasteiger partial charge in [0.15, 0.2) is 0 Å². The van der Waals surface area contributed by atoms with Crippen molar-refractivity contribution >= 4 is 17.9 Å². The van der Waals surface area contributed by atoms with Crippen LogP contribution in [0.15, 0.2) is 30.3 Å². The van der Waals surface area contributed by atoms with E-state index in [2.05, 4.69) is 16.0 Å². The molecule has 8 heteroatoms. The van der Waals surface area contributed by atoms with E-state index in [1.54, 1.807) is 20.8 Å². The van der Waals surface area contributed by atoms with Crippen LogP contribution in [0.2, 0.25) is 0 Å². The smallest absolute Gasteiger partial charge is 0.407 e. The third-order valence-corrected chi connectivity index (χ3v) is 3.64. The highest BCUT2D eigenvalue weighted by Gasteiger charge is 2.19. The first-order valence-corrected chi connectivity index (χ1v) is 9.29. The molecular formula is C20H31N3O5. The lowest BCUT2D eigenvalue weighted by Crippen LogP contribution is -2.42. The third-order valence-electron chi connectivity index (χ3n) is 3.64. The summed E-state index contributed by atoms with van der Waals surface area (Å²) in [7, 11) is 1.43. The number of carbonyl (C=O) groups excluding carboxylic acids is 3. The molecule has 1 rings (SSSR count). The summed E-state index contributed by atoms with van der Waals surface area (Å²) in [5, 5.41) is 7.93. The topological polar surface area (TPSA) is 106 Å². The molecule has 0 fully saturated rings. The third kappa shape index (κ3) is 10.5. The first-order valence-electron chi connectivity index (χ1n) is 9.29. The standard InChI is InChI=1S/C20H31N3O5/c1-20(2,3)28-19(26)21-12-8-11-16(27-4)18(25)23-14-17(24)22-13-15-9-6-5-7-10-15/h5-7,9-10,16H,8,11-14H2,1-4H3,(H,21,26)(H,22,24)(H,23,25).